The molecule has 2 aliphatic rings. The molecule has 1 aliphatic carbocycles. The summed E-state index contributed by atoms with van der Waals surface area (Å²) in [5, 5.41) is 2.84. The van der Waals surface area contributed by atoms with E-state index >= 15 is 0 Å². The van der Waals surface area contributed by atoms with Crippen molar-refractivity contribution in [3.05, 3.63) is 108 Å². The van der Waals surface area contributed by atoms with E-state index in [2.05, 4.69) is 34.5 Å². The van der Waals surface area contributed by atoms with Crippen molar-refractivity contribution in [2.24, 2.45) is 0 Å². The largest absolute Gasteiger partial charge is 0.459 e. The second-order valence-electron chi connectivity index (χ2n) is 8.90. The number of furan rings is 1. The van der Waals surface area contributed by atoms with Crippen LogP contribution in [0.5, 0.6) is 0 Å². The number of amides is 2. The van der Waals surface area contributed by atoms with Crippen LogP contribution in [0.4, 0.5) is 11.4 Å². The highest BCUT2D eigenvalue weighted by atomic mass is 16.3. The number of carbonyl (C=O) groups excluding carboxylic acids is 2. The van der Waals surface area contributed by atoms with Crippen molar-refractivity contribution < 1.29 is 14.0 Å². The van der Waals surface area contributed by atoms with Crippen molar-refractivity contribution in [3.63, 3.8) is 0 Å². The summed E-state index contributed by atoms with van der Waals surface area (Å²) in [5.41, 5.74) is 6.33. The second-order valence-corrected chi connectivity index (χ2v) is 8.90. The van der Waals surface area contributed by atoms with Gasteiger partial charge in [0.2, 0.25) is 5.91 Å². The molecule has 1 saturated heterocycles. The summed E-state index contributed by atoms with van der Waals surface area (Å²) in [6.45, 7) is 2.88. The average Bonchev–Trinajstić information content (AvgIpc) is 3.56. The van der Waals surface area contributed by atoms with Gasteiger partial charge in [-0.1, -0.05) is 48.5 Å². The number of rotatable bonds is 4. The Hall–Kier alpha value is -4.32. The first-order chi connectivity index (χ1) is 17.2. The van der Waals surface area contributed by atoms with E-state index in [4.69, 9.17) is 4.42 Å². The Bertz CT molecular complexity index is 1330. The van der Waals surface area contributed by atoms with Gasteiger partial charge in [-0.2, -0.15) is 0 Å². The lowest BCUT2D eigenvalue weighted by Gasteiger charge is -2.37. The van der Waals surface area contributed by atoms with Crippen molar-refractivity contribution >= 4 is 23.2 Å². The number of hydrogen-bond acceptors (Lipinski definition) is 4. The molecule has 2 amide bonds. The predicted octanol–water partition coefficient (Wildman–Crippen LogP) is 4.99. The van der Waals surface area contributed by atoms with Crippen LogP contribution in [-0.4, -0.2) is 42.9 Å². The molecule has 1 aliphatic heterocycles. The van der Waals surface area contributed by atoms with E-state index in [1.807, 2.05) is 53.4 Å². The maximum Gasteiger partial charge on any atom is 0.291 e. The fourth-order valence-electron chi connectivity index (χ4n) is 5.15. The normalized spacial score (nSPS) is 15.0. The van der Waals surface area contributed by atoms with Gasteiger partial charge in [-0.25, -0.2) is 0 Å². The third-order valence-electron chi connectivity index (χ3n) is 6.91. The van der Waals surface area contributed by atoms with Crippen molar-refractivity contribution in [3.8, 4) is 11.1 Å². The molecule has 0 saturated carbocycles. The minimum Gasteiger partial charge on any atom is -0.459 e. The third-order valence-corrected chi connectivity index (χ3v) is 6.91. The maximum absolute atomic E-state index is 13.7. The van der Waals surface area contributed by atoms with Crippen LogP contribution in [0, 0.1) is 0 Å². The Morgan fingerprint density at radius 2 is 1.37 bits per heavy atom. The molecule has 1 aromatic heterocycles. The number of benzene rings is 3. The smallest absolute Gasteiger partial charge is 0.291 e. The van der Waals surface area contributed by atoms with Crippen LogP contribution in [0.1, 0.15) is 27.6 Å². The molecular formula is C29H25N3O3. The summed E-state index contributed by atoms with van der Waals surface area (Å²) in [7, 11) is 0. The number of nitrogens with one attached hydrogen (secondary N) is 1. The van der Waals surface area contributed by atoms with Crippen molar-refractivity contribution in [2.45, 2.75) is 5.92 Å². The molecule has 1 fully saturated rings. The quantitative estimate of drug-likeness (QED) is 0.463. The highest BCUT2D eigenvalue weighted by Gasteiger charge is 2.36. The molecular weight excluding hydrogens is 438 g/mol. The number of fused-ring (bicyclic) bond motifs is 3. The third kappa shape index (κ3) is 3.87. The first kappa shape index (κ1) is 21.2. The first-order valence-electron chi connectivity index (χ1n) is 11.9. The topological polar surface area (TPSA) is 65.8 Å². The van der Waals surface area contributed by atoms with Crippen molar-refractivity contribution in [2.75, 3.05) is 36.4 Å². The van der Waals surface area contributed by atoms with Gasteiger partial charge in [-0.15, -0.1) is 0 Å². The Morgan fingerprint density at radius 3 is 1.97 bits per heavy atom. The Kier molecular flexibility index (Phi) is 5.34. The van der Waals surface area contributed by atoms with E-state index in [1.54, 1.807) is 12.1 Å². The van der Waals surface area contributed by atoms with E-state index in [-0.39, 0.29) is 23.5 Å². The van der Waals surface area contributed by atoms with Crippen LogP contribution >= 0.6 is 0 Å². The molecule has 4 aromatic rings. The van der Waals surface area contributed by atoms with Gasteiger partial charge in [0, 0.05) is 37.6 Å². The molecule has 1 N–H and O–H groups in total. The lowest BCUT2D eigenvalue weighted by molar-refractivity contribution is -0.132. The average molecular weight is 464 g/mol. The van der Waals surface area contributed by atoms with Crippen LogP contribution < -0.4 is 10.2 Å². The molecule has 6 nitrogen and oxygen atoms in total. The highest BCUT2D eigenvalue weighted by Crippen LogP contribution is 2.45. The van der Waals surface area contributed by atoms with E-state index in [9.17, 15) is 9.59 Å². The Morgan fingerprint density at radius 1 is 0.743 bits per heavy atom. The summed E-state index contributed by atoms with van der Waals surface area (Å²) in [5.74, 6) is -0.0450. The van der Waals surface area contributed by atoms with Crippen LogP contribution in [0.25, 0.3) is 11.1 Å². The molecule has 174 valence electrons. The summed E-state index contributed by atoms with van der Waals surface area (Å²) in [6.07, 6.45) is 1.48. The predicted molar refractivity (Wildman–Crippen MR) is 136 cm³/mol. The van der Waals surface area contributed by atoms with Gasteiger partial charge < -0.3 is 19.5 Å². The summed E-state index contributed by atoms with van der Waals surface area (Å²) in [4.78, 5) is 30.1. The van der Waals surface area contributed by atoms with Crippen molar-refractivity contribution in [1.29, 1.82) is 0 Å². The SMILES string of the molecule is O=C(Nc1ccc(N2CCN(C(=O)C3c4ccccc4-c4ccccc43)CC2)cc1)c1ccco1. The van der Waals surface area contributed by atoms with Gasteiger partial charge in [0.25, 0.3) is 5.91 Å². The van der Waals surface area contributed by atoms with Crippen LogP contribution in [0.2, 0.25) is 0 Å². The summed E-state index contributed by atoms with van der Waals surface area (Å²) < 4.78 is 5.14. The second kappa shape index (κ2) is 8.80. The molecule has 6 rings (SSSR count). The van der Waals surface area contributed by atoms with Crippen molar-refractivity contribution in [1.82, 2.24) is 4.90 Å². The molecule has 0 radical (unpaired) electrons. The van der Waals surface area contributed by atoms with E-state index < -0.39 is 0 Å². The fourth-order valence-corrected chi connectivity index (χ4v) is 5.15. The molecule has 0 atom stereocenters. The number of nitrogens with zero attached hydrogens (tertiary/aromatic N) is 2. The molecule has 0 bridgehead atoms. The summed E-state index contributed by atoms with van der Waals surface area (Å²) in [6, 6.07) is 27.6. The molecule has 2 heterocycles. The van der Waals surface area contributed by atoms with Gasteiger partial charge >= 0.3 is 0 Å². The van der Waals surface area contributed by atoms with Crippen LogP contribution in [0.3, 0.4) is 0 Å². The van der Waals surface area contributed by atoms with E-state index in [0.29, 0.717) is 18.8 Å². The number of hydrogen-bond donors (Lipinski definition) is 1. The molecule has 0 unspecified atom stereocenters. The fraction of sp³-hybridized carbons (Fsp3) is 0.172. The monoisotopic (exact) mass is 463 g/mol. The van der Waals surface area contributed by atoms with Crippen LogP contribution in [0.15, 0.2) is 95.6 Å². The Balaban J connectivity index is 1.12. The zero-order valence-electron chi connectivity index (χ0n) is 19.2. The number of piperazine rings is 1. The molecule has 35 heavy (non-hydrogen) atoms. The molecule has 0 spiro atoms. The van der Waals surface area contributed by atoms with E-state index in [0.717, 1.165) is 29.9 Å². The van der Waals surface area contributed by atoms with Gasteiger partial charge in [0.15, 0.2) is 5.76 Å². The zero-order chi connectivity index (χ0) is 23.8. The standard InChI is InChI=1S/C29H25N3O3/c33-28(26-10-5-19-35-26)30-20-11-13-21(14-12-20)31-15-17-32(18-16-31)29(34)27-24-8-3-1-6-22(24)23-7-2-4-9-25(23)27/h1-14,19,27H,15-18H2,(H,30,33). The van der Waals surface area contributed by atoms with Gasteiger partial charge in [-0.05, 0) is 58.7 Å². The lowest BCUT2D eigenvalue weighted by atomic mass is 9.95. The lowest BCUT2D eigenvalue weighted by Crippen LogP contribution is -2.50. The highest BCUT2D eigenvalue weighted by molar-refractivity contribution is 6.02. The zero-order valence-corrected chi connectivity index (χ0v) is 19.2. The first-order valence-corrected chi connectivity index (χ1v) is 11.9. The van der Waals surface area contributed by atoms with Crippen LogP contribution in [-0.2, 0) is 4.79 Å². The maximum atomic E-state index is 13.7. The molecule has 3 aromatic carbocycles. The van der Waals surface area contributed by atoms with E-state index in [1.165, 1.54) is 17.4 Å². The van der Waals surface area contributed by atoms with Gasteiger partial charge in [-0.3, -0.25) is 9.59 Å². The molecule has 6 heteroatoms. The van der Waals surface area contributed by atoms with Gasteiger partial charge in [0.05, 0.1) is 12.2 Å². The Labute approximate surface area is 203 Å². The number of anilines is 2. The minimum absolute atomic E-state index is 0.179. The number of carbonyl (C=O) groups is 2. The van der Waals surface area contributed by atoms with Gasteiger partial charge in [0.1, 0.15) is 0 Å². The summed E-state index contributed by atoms with van der Waals surface area (Å²) >= 11 is 0. The minimum atomic E-state index is -0.273.